The Kier molecular flexibility index (Phi) is 7.60. The minimum absolute atomic E-state index is 0.305. The number of rotatable bonds is 10. The molecule has 148 valence electrons. The monoisotopic (exact) mass is 373 g/mol. The number of hydrogen-bond acceptors (Lipinski definition) is 2. The summed E-state index contributed by atoms with van der Waals surface area (Å²) in [4.78, 5) is 14.4. The third kappa shape index (κ3) is 5.19. The molecule has 0 radical (unpaired) electrons. The largest absolute Gasteiger partial charge is 0.366 e. The van der Waals surface area contributed by atoms with Crippen molar-refractivity contribution < 1.29 is 9.18 Å². The van der Waals surface area contributed by atoms with Gasteiger partial charge in [-0.3, -0.25) is 4.79 Å². The second-order valence-corrected chi connectivity index (χ2v) is 7.42. The summed E-state index contributed by atoms with van der Waals surface area (Å²) in [7, 11) is 4.11. The molecule has 1 amide bonds. The van der Waals surface area contributed by atoms with Crippen LogP contribution >= 0.6 is 0 Å². The van der Waals surface area contributed by atoms with Crippen LogP contribution in [0.15, 0.2) is 24.3 Å². The molecule has 2 aromatic rings. The molecular weight excluding hydrogens is 341 g/mol. The lowest BCUT2D eigenvalue weighted by Crippen LogP contribution is -2.17. The molecular formula is C22H32FN3O. The molecule has 1 heterocycles. The normalized spacial score (nSPS) is 11.3. The van der Waals surface area contributed by atoms with E-state index in [0.29, 0.717) is 5.56 Å². The summed E-state index contributed by atoms with van der Waals surface area (Å²) in [5.74, 6) is -0.754. The summed E-state index contributed by atoms with van der Waals surface area (Å²) < 4.78 is 16.1. The highest BCUT2D eigenvalue weighted by Gasteiger charge is 2.24. The molecule has 4 nitrogen and oxygen atoms in total. The maximum absolute atomic E-state index is 13.9. The Labute approximate surface area is 162 Å². The lowest BCUT2D eigenvalue weighted by Gasteiger charge is -2.15. The summed E-state index contributed by atoms with van der Waals surface area (Å²) >= 11 is 0. The highest BCUT2D eigenvalue weighted by atomic mass is 19.1. The Morgan fingerprint density at radius 1 is 1.22 bits per heavy atom. The number of benzene rings is 1. The highest BCUT2D eigenvalue weighted by molar-refractivity contribution is 6.02. The summed E-state index contributed by atoms with van der Waals surface area (Å²) in [6.45, 7) is 5.90. The molecule has 2 rings (SSSR count). The number of primary amides is 1. The van der Waals surface area contributed by atoms with Gasteiger partial charge in [0.25, 0.3) is 5.91 Å². The van der Waals surface area contributed by atoms with E-state index in [0.717, 1.165) is 67.7 Å². The van der Waals surface area contributed by atoms with Crippen LogP contribution in [0.4, 0.5) is 4.39 Å². The standard InChI is InChI=1S/C22H32FN3O/c1-5-6-7-12-19-21(17-10-8-11-18(23)15-17)20(22(24)27)16(2)26(19)14-9-13-25(3)4/h8,10-11,15H,5-7,9,12-14H2,1-4H3,(H2,24,27). The first-order valence-electron chi connectivity index (χ1n) is 9.79. The average molecular weight is 374 g/mol. The predicted octanol–water partition coefficient (Wildman–Crippen LogP) is 4.39. The molecule has 0 fully saturated rings. The number of nitrogens with two attached hydrogens (primary N) is 1. The van der Waals surface area contributed by atoms with Gasteiger partial charge in [-0.15, -0.1) is 0 Å². The third-order valence-electron chi connectivity index (χ3n) is 4.99. The molecule has 0 spiro atoms. The summed E-state index contributed by atoms with van der Waals surface area (Å²) in [6.07, 6.45) is 5.11. The number of aromatic nitrogens is 1. The predicted molar refractivity (Wildman–Crippen MR) is 109 cm³/mol. The molecule has 0 aliphatic carbocycles. The van der Waals surface area contributed by atoms with Gasteiger partial charge in [0.2, 0.25) is 0 Å². The topological polar surface area (TPSA) is 51.3 Å². The van der Waals surface area contributed by atoms with Crippen LogP contribution in [-0.2, 0) is 13.0 Å². The molecule has 2 N–H and O–H groups in total. The molecule has 0 bridgehead atoms. The summed E-state index contributed by atoms with van der Waals surface area (Å²) in [6, 6.07) is 6.46. The third-order valence-corrected chi connectivity index (χ3v) is 4.99. The van der Waals surface area contributed by atoms with Crippen LogP contribution in [0.1, 0.15) is 54.4 Å². The lowest BCUT2D eigenvalue weighted by atomic mass is 9.97. The van der Waals surface area contributed by atoms with Gasteiger partial charge in [-0.05, 0) is 64.5 Å². The Morgan fingerprint density at radius 2 is 1.96 bits per heavy atom. The zero-order chi connectivity index (χ0) is 20.0. The molecule has 0 saturated carbocycles. The van der Waals surface area contributed by atoms with E-state index in [4.69, 9.17) is 5.73 Å². The van der Waals surface area contributed by atoms with E-state index >= 15 is 0 Å². The van der Waals surface area contributed by atoms with Crippen molar-refractivity contribution in [2.45, 2.75) is 52.5 Å². The van der Waals surface area contributed by atoms with Gasteiger partial charge in [0.1, 0.15) is 5.82 Å². The minimum Gasteiger partial charge on any atom is -0.366 e. The summed E-state index contributed by atoms with van der Waals surface area (Å²) in [5.41, 5.74) is 9.79. The number of unbranched alkanes of at least 4 members (excludes halogenated alkanes) is 2. The Hall–Kier alpha value is -2.14. The van der Waals surface area contributed by atoms with Gasteiger partial charge in [0.05, 0.1) is 5.56 Å². The van der Waals surface area contributed by atoms with Crippen LogP contribution in [0, 0.1) is 12.7 Å². The second-order valence-electron chi connectivity index (χ2n) is 7.42. The molecule has 0 atom stereocenters. The number of halogens is 1. The van der Waals surface area contributed by atoms with E-state index in [1.54, 1.807) is 6.07 Å². The van der Waals surface area contributed by atoms with Crippen molar-refractivity contribution in [3.05, 3.63) is 47.0 Å². The summed E-state index contributed by atoms with van der Waals surface area (Å²) in [5, 5.41) is 0. The van der Waals surface area contributed by atoms with Gasteiger partial charge in [0.15, 0.2) is 0 Å². The quantitative estimate of drug-likeness (QED) is 0.628. The molecule has 0 unspecified atom stereocenters. The van der Waals surface area contributed by atoms with Crippen molar-refractivity contribution in [2.24, 2.45) is 5.73 Å². The lowest BCUT2D eigenvalue weighted by molar-refractivity contribution is 0.1000. The van der Waals surface area contributed by atoms with Crippen LogP contribution in [0.3, 0.4) is 0 Å². The highest BCUT2D eigenvalue weighted by Crippen LogP contribution is 2.34. The maximum atomic E-state index is 13.9. The van der Waals surface area contributed by atoms with Gasteiger partial charge in [-0.2, -0.15) is 0 Å². The SMILES string of the molecule is CCCCCc1c(-c2cccc(F)c2)c(C(N)=O)c(C)n1CCCN(C)C. The van der Waals surface area contributed by atoms with Crippen LogP contribution in [0.5, 0.6) is 0 Å². The zero-order valence-corrected chi connectivity index (χ0v) is 17.0. The molecule has 0 saturated heterocycles. The fourth-order valence-electron chi connectivity index (χ4n) is 3.70. The van der Waals surface area contributed by atoms with Gasteiger partial charge >= 0.3 is 0 Å². The van der Waals surface area contributed by atoms with E-state index in [9.17, 15) is 9.18 Å². The second kappa shape index (κ2) is 9.70. The van der Waals surface area contributed by atoms with Gasteiger partial charge in [0, 0.05) is 23.5 Å². The number of carbonyl (C=O) groups is 1. The van der Waals surface area contributed by atoms with E-state index in [1.165, 1.54) is 12.1 Å². The van der Waals surface area contributed by atoms with Crippen LogP contribution in [0.25, 0.3) is 11.1 Å². The smallest absolute Gasteiger partial charge is 0.251 e. The zero-order valence-electron chi connectivity index (χ0n) is 17.0. The first-order valence-corrected chi connectivity index (χ1v) is 9.79. The Bertz CT molecular complexity index is 780. The van der Waals surface area contributed by atoms with Gasteiger partial charge in [-0.25, -0.2) is 4.39 Å². The first-order chi connectivity index (χ1) is 12.9. The molecule has 1 aromatic heterocycles. The van der Waals surface area contributed by atoms with Crippen LogP contribution < -0.4 is 5.73 Å². The number of hydrogen-bond donors (Lipinski definition) is 1. The molecule has 0 aliphatic rings. The number of amides is 1. The Morgan fingerprint density at radius 3 is 2.56 bits per heavy atom. The van der Waals surface area contributed by atoms with Gasteiger partial charge in [-0.1, -0.05) is 31.9 Å². The average Bonchev–Trinajstić information content (AvgIpc) is 2.87. The van der Waals surface area contributed by atoms with Crippen LogP contribution in [0.2, 0.25) is 0 Å². The maximum Gasteiger partial charge on any atom is 0.251 e. The minimum atomic E-state index is -0.449. The molecule has 5 heteroatoms. The number of carbonyl (C=O) groups excluding carboxylic acids is 1. The van der Waals surface area contributed by atoms with Crippen molar-refractivity contribution >= 4 is 5.91 Å². The van der Waals surface area contributed by atoms with Crippen molar-refractivity contribution in [1.82, 2.24) is 9.47 Å². The molecule has 0 aliphatic heterocycles. The van der Waals surface area contributed by atoms with Crippen molar-refractivity contribution in [3.63, 3.8) is 0 Å². The molecule has 1 aromatic carbocycles. The van der Waals surface area contributed by atoms with Crippen LogP contribution in [-0.4, -0.2) is 36.0 Å². The van der Waals surface area contributed by atoms with Crippen molar-refractivity contribution in [1.29, 1.82) is 0 Å². The fourth-order valence-corrected chi connectivity index (χ4v) is 3.70. The van der Waals surface area contributed by atoms with E-state index in [-0.39, 0.29) is 5.82 Å². The van der Waals surface area contributed by atoms with E-state index < -0.39 is 5.91 Å². The van der Waals surface area contributed by atoms with E-state index in [1.807, 2.05) is 13.0 Å². The van der Waals surface area contributed by atoms with Gasteiger partial charge < -0.3 is 15.2 Å². The van der Waals surface area contributed by atoms with Crippen molar-refractivity contribution in [3.8, 4) is 11.1 Å². The molecule has 27 heavy (non-hydrogen) atoms. The number of nitrogens with zero attached hydrogens (tertiary/aromatic N) is 2. The first kappa shape index (κ1) is 21.2. The van der Waals surface area contributed by atoms with E-state index in [2.05, 4.69) is 30.5 Å². The van der Waals surface area contributed by atoms with Crippen molar-refractivity contribution in [2.75, 3.05) is 20.6 Å². The fraction of sp³-hybridized carbons (Fsp3) is 0.500. The Balaban J connectivity index is 2.57.